The zero-order valence-electron chi connectivity index (χ0n) is 14.5. The normalized spacial score (nSPS) is 13.5. The maximum atomic E-state index is 12.7. The number of aryl methyl sites for hydroxylation is 1. The van der Waals surface area contributed by atoms with Crippen LogP contribution in [0.2, 0.25) is 0 Å². The van der Waals surface area contributed by atoms with Crippen molar-refractivity contribution in [2.24, 2.45) is 0 Å². The van der Waals surface area contributed by atoms with Gasteiger partial charge in [-0.25, -0.2) is 4.98 Å². The molecule has 0 saturated carbocycles. The van der Waals surface area contributed by atoms with Gasteiger partial charge in [-0.3, -0.25) is 9.36 Å². The molecule has 0 fully saturated rings. The molecule has 0 radical (unpaired) electrons. The van der Waals surface area contributed by atoms with Crippen molar-refractivity contribution < 1.29 is 1.43 Å². The summed E-state index contributed by atoms with van der Waals surface area (Å²) in [7, 11) is 0. The predicted octanol–water partition coefficient (Wildman–Crippen LogP) is 5.05. The minimum atomic E-state index is -0.0454. The van der Waals surface area contributed by atoms with Crippen LogP contribution in [0.4, 0.5) is 11.5 Å². The summed E-state index contributed by atoms with van der Waals surface area (Å²) in [4.78, 5) is 17.3. The van der Waals surface area contributed by atoms with E-state index in [-0.39, 0.29) is 6.86 Å². The number of benzene rings is 1. The van der Waals surface area contributed by atoms with Gasteiger partial charge >= 0.3 is 0 Å². The Balaban J connectivity index is 0.00000210. The number of rotatable bonds is 3. The molecule has 0 bridgehead atoms. The third-order valence-electron chi connectivity index (χ3n) is 4.27. The molecule has 1 aromatic carbocycles. The van der Waals surface area contributed by atoms with E-state index in [9.17, 15) is 4.79 Å². The fourth-order valence-corrected chi connectivity index (χ4v) is 3.03. The molecule has 1 aliphatic rings. The highest BCUT2D eigenvalue weighted by Crippen LogP contribution is 2.25. The largest absolute Gasteiger partial charge is 0.341 e. The zero-order valence-corrected chi connectivity index (χ0v) is 14.5. The highest BCUT2D eigenvalue weighted by molar-refractivity contribution is 5.84. The van der Waals surface area contributed by atoms with Crippen LogP contribution in [0.3, 0.4) is 0 Å². The van der Waals surface area contributed by atoms with E-state index >= 15 is 0 Å². The third-order valence-corrected chi connectivity index (χ3v) is 4.27. The first kappa shape index (κ1) is 16.1. The van der Waals surface area contributed by atoms with Crippen LogP contribution in [0, 0.1) is 6.92 Å². The standard InChI is InChI=1S/C22H19N3O.H2/c1-16-13-14-19-20(26)15-21(24-17-9-5-4-6-10-17)25(22(19)23-16)18-11-7-2-3-8-12-18;/h2,4-15,24H,3H2,1H3;1H. The molecule has 1 N–H and O–H groups in total. The van der Waals surface area contributed by atoms with Crippen LogP contribution in [0.15, 0.2) is 83.7 Å². The molecule has 4 heteroatoms. The van der Waals surface area contributed by atoms with Gasteiger partial charge in [0, 0.05) is 24.6 Å². The Labute approximate surface area is 153 Å². The molecule has 0 unspecified atom stereocenters. The van der Waals surface area contributed by atoms with Gasteiger partial charge < -0.3 is 5.32 Å². The number of para-hydroxylation sites is 1. The molecule has 26 heavy (non-hydrogen) atoms. The number of hydrogen-bond donors (Lipinski definition) is 1. The van der Waals surface area contributed by atoms with Crippen LogP contribution in [-0.4, -0.2) is 9.55 Å². The summed E-state index contributed by atoms with van der Waals surface area (Å²) in [6.07, 6.45) is 11.2. The second-order valence-electron chi connectivity index (χ2n) is 6.20. The van der Waals surface area contributed by atoms with Gasteiger partial charge in [0.2, 0.25) is 0 Å². The van der Waals surface area contributed by atoms with Crippen LogP contribution >= 0.6 is 0 Å². The molecule has 4 nitrogen and oxygen atoms in total. The lowest BCUT2D eigenvalue weighted by Crippen LogP contribution is -2.14. The molecule has 0 amide bonds. The molecule has 3 aromatic rings. The number of anilines is 2. The van der Waals surface area contributed by atoms with E-state index in [1.54, 1.807) is 6.07 Å². The van der Waals surface area contributed by atoms with Crippen molar-refractivity contribution in [2.75, 3.05) is 5.32 Å². The SMILES string of the molecule is Cc1ccc2c(=O)cc(Nc3ccccc3)n(C3=CC=CCC=C3)c2n1.[HH]. The summed E-state index contributed by atoms with van der Waals surface area (Å²) in [5, 5.41) is 3.97. The summed E-state index contributed by atoms with van der Waals surface area (Å²) in [6, 6.07) is 15.2. The van der Waals surface area contributed by atoms with Gasteiger partial charge in [-0.05, 0) is 49.8 Å². The molecule has 0 saturated heterocycles. The first-order valence-electron chi connectivity index (χ1n) is 8.61. The Morgan fingerprint density at radius 1 is 1.12 bits per heavy atom. The molecule has 2 heterocycles. The smallest absolute Gasteiger partial charge is 0.193 e. The number of aromatic nitrogens is 2. The van der Waals surface area contributed by atoms with E-state index in [0.717, 1.165) is 23.5 Å². The summed E-state index contributed by atoms with van der Waals surface area (Å²) >= 11 is 0. The number of hydrogen-bond acceptors (Lipinski definition) is 3. The van der Waals surface area contributed by atoms with Crippen molar-refractivity contribution in [3.8, 4) is 0 Å². The summed E-state index contributed by atoms with van der Waals surface area (Å²) in [5.74, 6) is 0.693. The summed E-state index contributed by atoms with van der Waals surface area (Å²) in [6.45, 7) is 1.93. The molecule has 2 aromatic heterocycles. The maximum Gasteiger partial charge on any atom is 0.193 e. The quantitative estimate of drug-likeness (QED) is 0.724. The molecule has 1 aliphatic carbocycles. The van der Waals surface area contributed by atoms with E-state index in [2.05, 4.69) is 28.5 Å². The summed E-state index contributed by atoms with van der Waals surface area (Å²) in [5.41, 5.74) is 3.36. The van der Waals surface area contributed by atoms with Gasteiger partial charge in [0.1, 0.15) is 11.5 Å². The van der Waals surface area contributed by atoms with Crippen LogP contribution in [0.5, 0.6) is 0 Å². The van der Waals surface area contributed by atoms with Crippen molar-refractivity contribution in [3.05, 3.63) is 94.8 Å². The number of nitrogens with one attached hydrogen (secondary N) is 1. The molecule has 4 rings (SSSR count). The van der Waals surface area contributed by atoms with Crippen LogP contribution < -0.4 is 10.7 Å². The van der Waals surface area contributed by atoms with Crippen molar-refractivity contribution in [2.45, 2.75) is 13.3 Å². The highest BCUT2D eigenvalue weighted by Gasteiger charge is 2.13. The van der Waals surface area contributed by atoms with Gasteiger partial charge in [-0.15, -0.1) is 0 Å². The molecule has 130 valence electrons. The van der Waals surface area contributed by atoms with E-state index in [1.807, 2.05) is 66.1 Å². The van der Waals surface area contributed by atoms with E-state index in [0.29, 0.717) is 16.9 Å². The molecule has 0 aliphatic heterocycles. The predicted molar refractivity (Wildman–Crippen MR) is 110 cm³/mol. The zero-order chi connectivity index (χ0) is 17.9. The third kappa shape index (κ3) is 3.09. The molecular weight excluding hydrogens is 322 g/mol. The van der Waals surface area contributed by atoms with Gasteiger partial charge in [0.15, 0.2) is 5.43 Å². The van der Waals surface area contributed by atoms with Gasteiger partial charge in [-0.1, -0.05) is 36.4 Å². The Kier molecular flexibility index (Phi) is 4.23. The van der Waals surface area contributed by atoms with Crippen molar-refractivity contribution >= 4 is 28.2 Å². The number of pyridine rings is 2. The Bertz CT molecular complexity index is 1110. The Morgan fingerprint density at radius 2 is 1.96 bits per heavy atom. The summed E-state index contributed by atoms with van der Waals surface area (Å²) < 4.78 is 2.00. The average Bonchev–Trinajstić information content (AvgIpc) is 2.92. The number of nitrogens with zero attached hydrogens (tertiary/aromatic N) is 2. The minimum Gasteiger partial charge on any atom is -0.341 e. The lowest BCUT2D eigenvalue weighted by atomic mass is 10.2. The fourth-order valence-electron chi connectivity index (χ4n) is 3.03. The van der Waals surface area contributed by atoms with E-state index in [4.69, 9.17) is 0 Å². The first-order chi connectivity index (χ1) is 12.7. The monoisotopic (exact) mass is 343 g/mol. The second-order valence-corrected chi connectivity index (χ2v) is 6.20. The lowest BCUT2D eigenvalue weighted by Gasteiger charge is -2.18. The van der Waals surface area contributed by atoms with Gasteiger partial charge in [-0.2, -0.15) is 0 Å². The number of allylic oxidation sites excluding steroid dienone is 6. The highest BCUT2D eigenvalue weighted by atomic mass is 16.1. The van der Waals surface area contributed by atoms with Crippen molar-refractivity contribution in [1.29, 1.82) is 0 Å². The van der Waals surface area contributed by atoms with Crippen molar-refractivity contribution in [3.63, 3.8) is 0 Å². The van der Waals surface area contributed by atoms with E-state index < -0.39 is 0 Å². The van der Waals surface area contributed by atoms with Gasteiger partial charge in [0.25, 0.3) is 0 Å². The second kappa shape index (κ2) is 6.84. The topological polar surface area (TPSA) is 46.9 Å². The van der Waals surface area contributed by atoms with Gasteiger partial charge in [0.05, 0.1) is 5.39 Å². The average molecular weight is 343 g/mol. The Morgan fingerprint density at radius 3 is 2.81 bits per heavy atom. The molecule has 0 spiro atoms. The van der Waals surface area contributed by atoms with Crippen LogP contribution in [0.25, 0.3) is 16.7 Å². The van der Waals surface area contributed by atoms with Crippen molar-refractivity contribution in [1.82, 2.24) is 9.55 Å². The van der Waals surface area contributed by atoms with Crippen LogP contribution in [-0.2, 0) is 0 Å². The molecular formula is C22H21N3O. The fraction of sp³-hybridized carbons (Fsp3) is 0.0909. The van der Waals surface area contributed by atoms with Crippen LogP contribution in [0.1, 0.15) is 13.5 Å². The molecule has 0 atom stereocenters. The maximum absolute atomic E-state index is 12.7. The first-order valence-corrected chi connectivity index (χ1v) is 8.61. The number of fused-ring (bicyclic) bond motifs is 1. The minimum absolute atomic E-state index is 0. The lowest BCUT2D eigenvalue weighted by molar-refractivity contribution is 1.08. The van der Waals surface area contributed by atoms with E-state index in [1.165, 1.54) is 0 Å². The Hall–Kier alpha value is -3.40.